The second-order valence-corrected chi connectivity index (χ2v) is 8.91. The maximum Gasteiger partial charge on any atom is 0.246 e. The molecule has 3 N–H and O–H groups in total. The van der Waals surface area contributed by atoms with Gasteiger partial charge in [-0.2, -0.15) is 0 Å². The molecule has 3 aromatic rings. The van der Waals surface area contributed by atoms with Crippen LogP contribution in [0.1, 0.15) is 17.2 Å². The number of halogens is 1. The fourth-order valence-corrected chi connectivity index (χ4v) is 4.07. The first-order chi connectivity index (χ1) is 16.5. The predicted molar refractivity (Wildman–Crippen MR) is 136 cm³/mol. The van der Waals surface area contributed by atoms with Crippen molar-refractivity contribution in [2.45, 2.75) is 18.7 Å². The van der Waals surface area contributed by atoms with Crippen molar-refractivity contribution in [3.05, 3.63) is 89.1 Å². The highest BCUT2D eigenvalue weighted by atomic mass is 35.5. The molecule has 1 fully saturated rings. The zero-order valence-corrected chi connectivity index (χ0v) is 19.9. The standard InChI is InChI=1S/C26H30ClN5O2/c1-31-15-16-32(18-24(31)33)23-12-11-22(17-29-23)30-26(34)25(20-5-3-2-4-6-20)28-14-13-19-7-9-21(27)10-8-19/h2-12,17,24-25,28,33H,13-16,18H2,1H3,(H,30,34)/t24?,25-/m0/s1. The van der Waals surface area contributed by atoms with Crippen LogP contribution in [0.25, 0.3) is 0 Å². The highest BCUT2D eigenvalue weighted by Crippen LogP contribution is 2.20. The number of hydrogen-bond acceptors (Lipinski definition) is 6. The van der Waals surface area contributed by atoms with Gasteiger partial charge in [0.15, 0.2) is 0 Å². The number of benzene rings is 2. The fourth-order valence-electron chi connectivity index (χ4n) is 3.94. The van der Waals surface area contributed by atoms with Gasteiger partial charge in [-0.25, -0.2) is 4.98 Å². The van der Waals surface area contributed by atoms with Crippen LogP contribution in [0.5, 0.6) is 0 Å². The number of rotatable bonds is 8. The molecule has 34 heavy (non-hydrogen) atoms. The van der Waals surface area contributed by atoms with E-state index in [1.54, 1.807) is 6.20 Å². The van der Waals surface area contributed by atoms with Crippen molar-refractivity contribution >= 4 is 29.0 Å². The van der Waals surface area contributed by atoms with Crippen molar-refractivity contribution in [2.75, 3.05) is 43.4 Å². The summed E-state index contributed by atoms with van der Waals surface area (Å²) in [4.78, 5) is 21.7. The van der Waals surface area contributed by atoms with Gasteiger partial charge in [-0.1, -0.05) is 54.1 Å². The molecule has 2 atom stereocenters. The summed E-state index contributed by atoms with van der Waals surface area (Å²) in [5.41, 5.74) is 2.67. The molecule has 8 heteroatoms. The third-order valence-corrected chi connectivity index (χ3v) is 6.28. The Hall–Kier alpha value is -2.97. The first-order valence-electron chi connectivity index (χ1n) is 11.4. The van der Waals surface area contributed by atoms with Crippen LogP contribution in [0.3, 0.4) is 0 Å². The minimum Gasteiger partial charge on any atom is -0.377 e. The van der Waals surface area contributed by atoms with Gasteiger partial charge >= 0.3 is 0 Å². The van der Waals surface area contributed by atoms with E-state index in [2.05, 4.69) is 15.6 Å². The topological polar surface area (TPSA) is 80.7 Å². The number of pyridine rings is 1. The number of piperazine rings is 1. The summed E-state index contributed by atoms with van der Waals surface area (Å²) in [5.74, 6) is 0.637. The number of hydrogen-bond donors (Lipinski definition) is 3. The number of anilines is 2. The van der Waals surface area contributed by atoms with Crippen LogP contribution in [-0.2, 0) is 11.2 Å². The van der Waals surface area contributed by atoms with Gasteiger partial charge < -0.3 is 20.6 Å². The van der Waals surface area contributed by atoms with Gasteiger partial charge in [0.05, 0.1) is 18.4 Å². The Bertz CT molecular complexity index is 1060. The Morgan fingerprint density at radius 1 is 1.12 bits per heavy atom. The van der Waals surface area contributed by atoms with Crippen LogP contribution < -0.4 is 15.5 Å². The normalized spacial score (nSPS) is 17.4. The SMILES string of the molecule is CN1CCN(c2ccc(NC(=O)[C@@H](NCCc3ccc(Cl)cc3)c3ccccc3)cn2)CC1O. The van der Waals surface area contributed by atoms with Crippen LogP contribution >= 0.6 is 11.6 Å². The molecule has 0 bridgehead atoms. The molecule has 0 aliphatic carbocycles. The van der Waals surface area contributed by atoms with E-state index < -0.39 is 12.3 Å². The number of aliphatic hydroxyl groups is 1. The second kappa shape index (κ2) is 11.4. The largest absolute Gasteiger partial charge is 0.377 e. The van der Waals surface area contributed by atoms with Gasteiger partial charge in [0.1, 0.15) is 18.1 Å². The lowest BCUT2D eigenvalue weighted by molar-refractivity contribution is -0.118. The number of aliphatic hydroxyl groups excluding tert-OH is 1. The molecule has 2 aromatic carbocycles. The Morgan fingerprint density at radius 2 is 1.88 bits per heavy atom. The number of carbonyl (C=O) groups excluding carboxylic acids is 1. The Kier molecular flexibility index (Phi) is 8.13. The number of aromatic nitrogens is 1. The van der Waals surface area contributed by atoms with E-state index in [4.69, 9.17) is 11.6 Å². The number of likely N-dealkylation sites (N-methyl/N-ethyl adjacent to an activating group) is 1. The fraction of sp³-hybridized carbons (Fsp3) is 0.308. The minimum absolute atomic E-state index is 0.146. The molecular formula is C26H30ClN5O2. The molecule has 1 aliphatic heterocycles. The minimum atomic E-state index is -0.513. The van der Waals surface area contributed by atoms with Gasteiger partial charge in [-0.15, -0.1) is 0 Å². The van der Waals surface area contributed by atoms with Crippen molar-refractivity contribution in [3.63, 3.8) is 0 Å². The molecule has 7 nitrogen and oxygen atoms in total. The molecule has 1 aliphatic rings. The van der Waals surface area contributed by atoms with Crippen LogP contribution in [0, 0.1) is 0 Å². The average molecular weight is 480 g/mol. The van der Waals surface area contributed by atoms with Crippen LogP contribution in [0.15, 0.2) is 72.9 Å². The molecule has 1 amide bonds. The van der Waals surface area contributed by atoms with Gasteiger partial charge in [0.2, 0.25) is 5.91 Å². The van der Waals surface area contributed by atoms with E-state index in [0.717, 1.165) is 36.5 Å². The van der Waals surface area contributed by atoms with Crippen LogP contribution in [0.4, 0.5) is 11.5 Å². The zero-order chi connectivity index (χ0) is 23.9. The monoisotopic (exact) mass is 479 g/mol. The summed E-state index contributed by atoms with van der Waals surface area (Å²) < 4.78 is 0. The lowest BCUT2D eigenvalue weighted by atomic mass is 10.1. The third-order valence-electron chi connectivity index (χ3n) is 6.02. The van der Waals surface area contributed by atoms with Crippen LogP contribution in [0.2, 0.25) is 5.02 Å². The van der Waals surface area contributed by atoms with Crippen molar-refractivity contribution in [3.8, 4) is 0 Å². The molecule has 0 spiro atoms. The number of β-amino-alcohol motifs (C(OH)–C–C–N with tert-alkyl or cyclic N) is 1. The van der Waals surface area contributed by atoms with Gasteiger partial charge in [-0.3, -0.25) is 9.69 Å². The maximum absolute atomic E-state index is 13.2. The van der Waals surface area contributed by atoms with Crippen molar-refractivity contribution < 1.29 is 9.90 Å². The van der Waals surface area contributed by atoms with Gasteiger partial charge in [0.25, 0.3) is 0 Å². The molecular weight excluding hydrogens is 450 g/mol. The van der Waals surface area contributed by atoms with Crippen LogP contribution in [-0.4, -0.2) is 60.4 Å². The first-order valence-corrected chi connectivity index (χ1v) is 11.8. The van der Waals surface area contributed by atoms with Crippen molar-refractivity contribution in [2.24, 2.45) is 0 Å². The summed E-state index contributed by atoms with van der Waals surface area (Å²) >= 11 is 5.97. The zero-order valence-electron chi connectivity index (χ0n) is 19.2. The highest BCUT2D eigenvalue weighted by molar-refractivity contribution is 6.30. The summed E-state index contributed by atoms with van der Waals surface area (Å²) in [6, 6.07) is 20.6. The number of carbonyl (C=O) groups is 1. The summed E-state index contributed by atoms with van der Waals surface area (Å²) in [6.07, 6.45) is 1.93. The first kappa shape index (κ1) is 24.2. The van der Waals surface area contributed by atoms with Gasteiger partial charge in [0, 0.05) is 24.7 Å². The average Bonchev–Trinajstić information content (AvgIpc) is 2.85. The van der Waals surface area contributed by atoms with E-state index in [9.17, 15) is 9.90 Å². The third kappa shape index (κ3) is 6.33. The molecule has 1 aromatic heterocycles. The number of nitrogens with one attached hydrogen (secondary N) is 2. The number of amides is 1. The van der Waals surface area contributed by atoms with E-state index in [-0.39, 0.29) is 5.91 Å². The van der Waals surface area contributed by atoms with Gasteiger partial charge in [-0.05, 0) is 48.9 Å². The van der Waals surface area contributed by atoms with E-state index >= 15 is 0 Å². The Labute approximate surface area is 205 Å². The van der Waals surface area contributed by atoms with Crippen molar-refractivity contribution in [1.82, 2.24) is 15.2 Å². The van der Waals surface area contributed by atoms with E-state index in [0.29, 0.717) is 23.8 Å². The molecule has 0 saturated carbocycles. The second-order valence-electron chi connectivity index (χ2n) is 8.48. The molecule has 1 unspecified atom stereocenters. The number of nitrogens with zero attached hydrogens (tertiary/aromatic N) is 3. The predicted octanol–water partition coefficient (Wildman–Crippen LogP) is 3.32. The molecule has 178 valence electrons. The summed E-state index contributed by atoms with van der Waals surface area (Å²) in [5, 5.41) is 17.2. The van der Waals surface area contributed by atoms with Crippen molar-refractivity contribution in [1.29, 1.82) is 0 Å². The van der Waals surface area contributed by atoms with E-state index in [1.165, 1.54) is 0 Å². The molecule has 2 heterocycles. The molecule has 1 saturated heterocycles. The Balaban J connectivity index is 1.39. The van der Waals surface area contributed by atoms with E-state index in [1.807, 2.05) is 83.6 Å². The lowest BCUT2D eigenvalue weighted by Gasteiger charge is -2.37. The summed E-state index contributed by atoms with van der Waals surface area (Å²) in [7, 11) is 1.90. The quantitative estimate of drug-likeness (QED) is 0.460. The molecule has 0 radical (unpaired) electrons. The Morgan fingerprint density at radius 3 is 2.56 bits per heavy atom. The lowest BCUT2D eigenvalue weighted by Crippen LogP contribution is -2.51. The summed E-state index contributed by atoms with van der Waals surface area (Å²) in [6.45, 7) is 2.70. The molecule has 4 rings (SSSR count). The maximum atomic E-state index is 13.2. The smallest absolute Gasteiger partial charge is 0.246 e. The highest BCUT2D eigenvalue weighted by Gasteiger charge is 2.23.